The number of aryl methyl sites for hydroxylation is 1. The van der Waals surface area contributed by atoms with Gasteiger partial charge in [0.1, 0.15) is 0 Å². The zero-order chi connectivity index (χ0) is 31.0. The van der Waals surface area contributed by atoms with Crippen molar-refractivity contribution in [3.63, 3.8) is 0 Å². The number of carbonyl (C=O) groups excluding carboxylic acids is 1. The van der Waals surface area contributed by atoms with Crippen molar-refractivity contribution in [3.8, 4) is 28.1 Å². The van der Waals surface area contributed by atoms with E-state index in [2.05, 4.69) is 25.6 Å². The van der Waals surface area contributed by atoms with Crippen LogP contribution in [0.2, 0.25) is 0 Å². The summed E-state index contributed by atoms with van der Waals surface area (Å²) in [6, 6.07) is 17.3. The molecular weight excluding hydrogens is 571 g/mol. The van der Waals surface area contributed by atoms with Gasteiger partial charge in [-0.15, -0.1) is 5.10 Å². The highest BCUT2D eigenvalue weighted by Gasteiger charge is 2.35. The van der Waals surface area contributed by atoms with E-state index in [1.165, 1.54) is 17.0 Å². The number of anilines is 1. The molecule has 9 nitrogen and oxygen atoms in total. The average molecular weight is 600 g/mol. The largest absolute Gasteiger partial charge is 0.436 e. The van der Waals surface area contributed by atoms with Gasteiger partial charge in [0.25, 0.3) is 5.56 Å². The number of amides is 1. The minimum Gasteiger partial charge on any atom is -0.325 e. The van der Waals surface area contributed by atoms with Crippen molar-refractivity contribution in [2.45, 2.75) is 45.3 Å². The van der Waals surface area contributed by atoms with Crippen molar-refractivity contribution in [1.29, 1.82) is 0 Å². The lowest BCUT2D eigenvalue weighted by molar-refractivity contribution is -0.141. The summed E-state index contributed by atoms with van der Waals surface area (Å²) in [5.74, 6) is -0.322. The topological polar surface area (TPSA) is 108 Å². The number of hydrogen-bond acceptors (Lipinski definition) is 6. The Kier molecular flexibility index (Phi) is 7.58. The lowest BCUT2D eigenvalue weighted by Gasteiger charge is -2.23. The van der Waals surface area contributed by atoms with Crippen LogP contribution in [0.3, 0.4) is 0 Å². The number of nitrogens with zero attached hydrogens (tertiary/aromatic N) is 6. The number of aromatic nitrogens is 6. The number of nitrogens with one attached hydrogen (secondary N) is 1. The summed E-state index contributed by atoms with van der Waals surface area (Å²) in [4.78, 5) is 35.9. The molecule has 12 heteroatoms. The van der Waals surface area contributed by atoms with Gasteiger partial charge in [0.15, 0.2) is 5.69 Å². The maximum absolute atomic E-state index is 13.7. The lowest BCUT2D eigenvalue weighted by atomic mass is 9.95. The molecule has 1 amide bonds. The summed E-state index contributed by atoms with van der Waals surface area (Å²) in [7, 11) is 0. The van der Waals surface area contributed by atoms with Crippen molar-refractivity contribution in [1.82, 2.24) is 29.5 Å². The molecule has 1 aliphatic heterocycles. The Morgan fingerprint density at radius 2 is 1.77 bits per heavy atom. The second kappa shape index (κ2) is 11.5. The van der Waals surface area contributed by atoms with E-state index >= 15 is 0 Å². The van der Waals surface area contributed by atoms with E-state index in [9.17, 15) is 22.8 Å². The van der Waals surface area contributed by atoms with E-state index in [1.807, 2.05) is 50.2 Å². The second-order valence-corrected chi connectivity index (χ2v) is 10.9. The van der Waals surface area contributed by atoms with E-state index in [0.29, 0.717) is 41.9 Å². The number of pyridine rings is 1. The van der Waals surface area contributed by atoms with Gasteiger partial charge < -0.3 is 5.32 Å². The maximum atomic E-state index is 13.7. The van der Waals surface area contributed by atoms with Crippen molar-refractivity contribution < 1.29 is 18.0 Å². The maximum Gasteiger partial charge on any atom is 0.436 e. The molecule has 1 N–H and O–H groups in total. The normalized spacial score (nSPS) is 17.2. The highest BCUT2D eigenvalue weighted by Crippen LogP contribution is 2.33. The van der Waals surface area contributed by atoms with Gasteiger partial charge in [0.2, 0.25) is 5.91 Å². The van der Waals surface area contributed by atoms with Crippen molar-refractivity contribution >= 4 is 11.6 Å². The molecule has 2 atom stereocenters. The van der Waals surface area contributed by atoms with Crippen LogP contribution < -0.4 is 10.9 Å². The molecule has 0 saturated heterocycles. The fraction of sp³-hybridized carbons (Fsp3) is 0.250. The van der Waals surface area contributed by atoms with Crippen LogP contribution in [0.1, 0.15) is 49.2 Å². The van der Waals surface area contributed by atoms with Gasteiger partial charge in [-0.25, -0.2) is 9.67 Å². The SMILES string of the molecule is Cc1ccc(-n2cc(C(F)(F)F)nn2)c(-c2cc(=O)n(C3CCCC(C)C(=O)Nc4ccccc4-c4ccnc3c4)cn2)c1. The summed E-state index contributed by atoms with van der Waals surface area (Å²) in [5.41, 5.74) is 3.41. The predicted octanol–water partition coefficient (Wildman–Crippen LogP) is 6.23. The first kappa shape index (κ1) is 29.0. The Labute approximate surface area is 250 Å². The Bertz CT molecular complexity index is 1910. The Balaban J connectivity index is 1.42. The van der Waals surface area contributed by atoms with Gasteiger partial charge in [-0.2, -0.15) is 13.2 Å². The molecule has 2 unspecified atom stereocenters. The van der Waals surface area contributed by atoms with Crippen LogP contribution in [0.5, 0.6) is 0 Å². The number of carbonyl (C=O) groups is 1. The fourth-order valence-corrected chi connectivity index (χ4v) is 5.43. The molecule has 0 aliphatic carbocycles. The molecule has 44 heavy (non-hydrogen) atoms. The van der Waals surface area contributed by atoms with E-state index in [-0.39, 0.29) is 23.1 Å². The molecule has 0 fully saturated rings. The summed E-state index contributed by atoms with van der Waals surface area (Å²) in [6.45, 7) is 3.71. The van der Waals surface area contributed by atoms with Crippen LogP contribution in [0.4, 0.5) is 18.9 Å². The summed E-state index contributed by atoms with van der Waals surface area (Å²) < 4.78 is 42.2. The van der Waals surface area contributed by atoms with Crippen molar-refractivity contribution in [2.24, 2.45) is 5.92 Å². The minimum atomic E-state index is -4.65. The number of alkyl halides is 3. The van der Waals surface area contributed by atoms with Crippen LogP contribution in [0.25, 0.3) is 28.1 Å². The van der Waals surface area contributed by atoms with E-state index in [4.69, 9.17) is 0 Å². The zero-order valence-electron chi connectivity index (χ0n) is 23.9. The Morgan fingerprint density at radius 1 is 0.955 bits per heavy atom. The standard InChI is InChI=1S/C32H28F3N7O2/c1-19-10-11-27(42-17-29(39-40-42)32(33,34)35)23(14-19)25-16-30(43)41(18-37-25)28-9-5-6-20(2)31(44)38-24-8-4-3-7-22(24)21-12-13-36-26(28)15-21/h3-4,7-8,10-18,20,28H,5-6,9H2,1-2H3,(H,38,44). The van der Waals surface area contributed by atoms with E-state index in [1.54, 1.807) is 24.4 Å². The molecule has 3 aromatic heterocycles. The van der Waals surface area contributed by atoms with E-state index in [0.717, 1.165) is 27.6 Å². The van der Waals surface area contributed by atoms with Crippen molar-refractivity contribution in [2.75, 3.05) is 5.32 Å². The van der Waals surface area contributed by atoms with Gasteiger partial charge >= 0.3 is 6.18 Å². The predicted molar refractivity (Wildman–Crippen MR) is 158 cm³/mol. The summed E-state index contributed by atoms with van der Waals surface area (Å²) in [5, 5.41) is 9.99. The molecule has 2 aromatic carbocycles. The molecule has 4 heterocycles. The molecule has 0 spiro atoms. The summed E-state index contributed by atoms with van der Waals surface area (Å²) in [6.07, 6.45) is 1.07. The molecule has 224 valence electrons. The Morgan fingerprint density at radius 3 is 2.55 bits per heavy atom. The molecule has 1 aliphatic rings. The van der Waals surface area contributed by atoms with Gasteiger partial charge in [0.05, 0.1) is 35.6 Å². The van der Waals surface area contributed by atoms with Gasteiger partial charge in [-0.3, -0.25) is 19.1 Å². The number of benzene rings is 2. The molecule has 0 radical (unpaired) electrons. The fourth-order valence-electron chi connectivity index (χ4n) is 5.43. The quantitative estimate of drug-likeness (QED) is 0.264. The number of halogens is 3. The number of hydrogen-bond donors (Lipinski definition) is 1. The highest BCUT2D eigenvalue weighted by molar-refractivity contribution is 5.96. The number of fused-ring (bicyclic) bond motifs is 4. The van der Waals surface area contributed by atoms with Gasteiger partial charge in [0, 0.05) is 35.0 Å². The average Bonchev–Trinajstić information content (AvgIpc) is 3.51. The van der Waals surface area contributed by atoms with Crippen molar-refractivity contribution in [3.05, 3.63) is 107 Å². The minimum absolute atomic E-state index is 0.0734. The van der Waals surface area contributed by atoms with Crippen LogP contribution in [-0.2, 0) is 11.0 Å². The highest BCUT2D eigenvalue weighted by atomic mass is 19.4. The zero-order valence-corrected chi connectivity index (χ0v) is 23.9. The molecule has 2 bridgehead atoms. The smallest absolute Gasteiger partial charge is 0.325 e. The molecule has 5 aromatic rings. The molecular formula is C32H28F3N7O2. The van der Waals surface area contributed by atoms with Gasteiger partial charge in [-0.1, -0.05) is 48.4 Å². The van der Waals surface area contributed by atoms with Crippen LogP contribution in [0.15, 0.2) is 84.2 Å². The lowest BCUT2D eigenvalue weighted by Crippen LogP contribution is -2.27. The van der Waals surface area contributed by atoms with Crippen LogP contribution in [0, 0.1) is 12.8 Å². The molecule has 0 saturated carbocycles. The first-order chi connectivity index (χ1) is 21.1. The first-order valence-electron chi connectivity index (χ1n) is 14.1. The number of rotatable bonds is 3. The third-order valence-electron chi connectivity index (χ3n) is 7.81. The summed E-state index contributed by atoms with van der Waals surface area (Å²) >= 11 is 0. The third-order valence-corrected chi connectivity index (χ3v) is 7.81. The third kappa shape index (κ3) is 5.75. The number of para-hydroxylation sites is 1. The van der Waals surface area contributed by atoms with Gasteiger partial charge in [-0.05, 0) is 55.7 Å². The monoisotopic (exact) mass is 599 g/mol. The van der Waals surface area contributed by atoms with Crippen LogP contribution in [-0.4, -0.2) is 35.4 Å². The Hall–Kier alpha value is -5.13. The first-order valence-corrected chi connectivity index (χ1v) is 14.1. The van der Waals surface area contributed by atoms with E-state index < -0.39 is 17.9 Å². The van der Waals surface area contributed by atoms with Crippen LogP contribution >= 0.6 is 0 Å². The second-order valence-electron chi connectivity index (χ2n) is 10.9. The molecule has 6 rings (SSSR count).